The Labute approximate surface area is 158 Å². The van der Waals surface area contributed by atoms with Gasteiger partial charge in [0.1, 0.15) is 6.04 Å². The van der Waals surface area contributed by atoms with Gasteiger partial charge in [0, 0.05) is 23.7 Å². The lowest BCUT2D eigenvalue weighted by molar-refractivity contribution is -0.143. The summed E-state index contributed by atoms with van der Waals surface area (Å²) in [5.41, 5.74) is 1.27. The summed E-state index contributed by atoms with van der Waals surface area (Å²) >= 11 is 0. The van der Waals surface area contributed by atoms with Gasteiger partial charge in [-0.05, 0) is 62.1 Å². The van der Waals surface area contributed by atoms with Crippen LogP contribution in [0, 0.1) is 11.3 Å². The average Bonchev–Trinajstić information content (AvgIpc) is 3.18. The van der Waals surface area contributed by atoms with Crippen molar-refractivity contribution in [3.05, 3.63) is 29.8 Å². The number of nitrogens with zero attached hydrogens (tertiary/aromatic N) is 1. The van der Waals surface area contributed by atoms with E-state index in [-0.39, 0.29) is 23.1 Å². The molecule has 0 bridgehead atoms. The molecule has 1 aromatic carbocycles. The standard InChI is InChI=1S/C21H26N2O4/c24-18(16-13-21(16)9-2-3-10-21)22-15-7-5-6-14(12-15)19(25)23-11-4-1-8-17(23)20(26)27/h5-7,12,16-17H,1-4,8-11,13H2,(H,22,24)(H,26,27). The maximum absolute atomic E-state index is 12.9. The van der Waals surface area contributed by atoms with Gasteiger partial charge in [0.05, 0.1) is 0 Å². The van der Waals surface area contributed by atoms with E-state index in [1.807, 2.05) is 0 Å². The molecule has 2 atom stereocenters. The SMILES string of the molecule is O=C(O)C1CCCCN1C(=O)c1cccc(NC(=O)C2CC23CCCC3)c1. The Bertz CT molecular complexity index is 769. The number of hydrogen-bond donors (Lipinski definition) is 2. The van der Waals surface area contributed by atoms with E-state index in [4.69, 9.17) is 0 Å². The lowest BCUT2D eigenvalue weighted by Gasteiger charge is -2.33. The summed E-state index contributed by atoms with van der Waals surface area (Å²) in [6.07, 6.45) is 7.83. The van der Waals surface area contributed by atoms with Crippen molar-refractivity contribution in [1.29, 1.82) is 0 Å². The van der Waals surface area contributed by atoms with Crippen LogP contribution in [0.1, 0.15) is 61.7 Å². The maximum atomic E-state index is 12.9. The molecule has 144 valence electrons. The van der Waals surface area contributed by atoms with E-state index in [2.05, 4.69) is 5.32 Å². The largest absolute Gasteiger partial charge is 0.480 e. The van der Waals surface area contributed by atoms with Gasteiger partial charge in [-0.25, -0.2) is 4.79 Å². The molecular formula is C21H26N2O4. The molecular weight excluding hydrogens is 344 g/mol. The first kappa shape index (κ1) is 18.0. The highest BCUT2D eigenvalue weighted by atomic mass is 16.4. The number of hydrogen-bond acceptors (Lipinski definition) is 3. The summed E-state index contributed by atoms with van der Waals surface area (Å²) in [6.45, 7) is 0.455. The lowest BCUT2D eigenvalue weighted by Crippen LogP contribution is -2.48. The summed E-state index contributed by atoms with van der Waals surface area (Å²) in [5, 5.41) is 12.4. The van der Waals surface area contributed by atoms with Crippen molar-refractivity contribution in [3.8, 4) is 0 Å². The van der Waals surface area contributed by atoms with Crippen molar-refractivity contribution in [2.24, 2.45) is 11.3 Å². The van der Waals surface area contributed by atoms with Gasteiger partial charge < -0.3 is 15.3 Å². The number of nitrogens with one attached hydrogen (secondary N) is 1. The first-order valence-electron chi connectivity index (χ1n) is 9.95. The van der Waals surface area contributed by atoms with Gasteiger partial charge in [0.25, 0.3) is 5.91 Å². The van der Waals surface area contributed by atoms with Gasteiger partial charge in [-0.15, -0.1) is 0 Å². The molecule has 6 heteroatoms. The fourth-order valence-electron chi connectivity index (χ4n) is 4.91. The van der Waals surface area contributed by atoms with Crippen molar-refractivity contribution >= 4 is 23.5 Å². The van der Waals surface area contributed by atoms with Gasteiger partial charge in [0.15, 0.2) is 0 Å². The summed E-state index contributed by atoms with van der Waals surface area (Å²) < 4.78 is 0. The Kier molecular flexibility index (Phi) is 4.66. The molecule has 0 aromatic heterocycles. The molecule has 27 heavy (non-hydrogen) atoms. The first-order valence-corrected chi connectivity index (χ1v) is 9.95. The van der Waals surface area contributed by atoms with Crippen LogP contribution >= 0.6 is 0 Å². The predicted octanol–water partition coefficient (Wildman–Crippen LogP) is 3.28. The van der Waals surface area contributed by atoms with E-state index in [1.54, 1.807) is 24.3 Å². The van der Waals surface area contributed by atoms with Crippen LogP contribution in [0.25, 0.3) is 0 Å². The molecule has 2 aliphatic carbocycles. The van der Waals surface area contributed by atoms with Gasteiger partial charge in [0.2, 0.25) is 5.91 Å². The smallest absolute Gasteiger partial charge is 0.326 e. The second-order valence-corrected chi connectivity index (χ2v) is 8.24. The molecule has 1 saturated heterocycles. The van der Waals surface area contributed by atoms with E-state index in [9.17, 15) is 19.5 Å². The number of likely N-dealkylation sites (tertiary alicyclic amines) is 1. The van der Waals surface area contributed by atoms with E-state index in [1.165, 1.54) is 17.7 Å². The van der Waals surface area contributed by atoms with Crippen molar-refractivity contribution in [2.75, 3.05) is 11.9 Å². The van der Waals surface area contributed by atoms with Crippen molar-refractivity contribution in [1.82, 2.24) is 4.90 Å². The molecule has 4 rings (SSSR count). The molecule has 3 fully saturated rings. The number of amides is 2. The van der Waals surface area contributed by atoms with E-state index in [0.29, 0.717) is 24.2 Å². The third-order valence-corrected chi connectivity index (χ3v) is 6.53. The minimum absolute atomic E-state index is 0.0443. The minimum Gasteiger partial charge on any atom is -0.480 e. The van der Waals surface area contributed by atoms with Crippen LogP contribution in [0.5, 0.6) is 0 Å². The fourth-order valence-corrected chi connectivity index (χ4v) is 4.91. The highest BCUT2D eigenvalue weighted by Crippen LogP contribution is 2.63. The monoisotopic (exact) mass is 370 g/mol. The van der Waals surface area contributed by atoms with Crippen LogP contribution in [0.4, 0.5) is 5.69 Å². The van der Waals surface area contributed by atoms with Crippen molar-refractivity contribution in [2.45, 2.75) is 57.4 Å². The molecule has 3 aliphatic rings. The Morgan fingerprint density at radius 3 is 2.63 bits per heavy atom. The Hall–Kier alpha value is -2.37. The normalized spacial score (nSPS) is 26.0. The average molecular weight is 370 g/mol. The van der Waals surface area contributed by atoms with Crippen LogP contribution in [-0.2, 0) is 9.59 Å². The van der Waals surface area contributed by atoms with Crippen LogP contribution in [0.15, 0.2) is 24.3 Å². The third-order valence-electron chi connectivity index (χ3n) is 6.53. The number of piperidine rings is 1. The first-order chi connectivity index (χ1) is 13.0. The molecule has 0 radical (unpaired) electrons. The lowest BCUT2D eigenvalue weighted by atomic mass is 10.0. The van der Waals surface area contributed by atoms with Crippen molar-refractivity contribution < 1.29 is 19.5 Å². The van der Waals surface area contributed by atoms with E-state index >= 15 is 0 Å². The zero-order valence-electron chi connectivity index (χ0n) is 15.4. The molecule has 1 spiro atoms. The second kappa shape index (κ2) is 6.98. The molecule has 2 saturated carbocycles. The van der Waals surface area contributed by atoms with Gasteiger partial charge >= 0.3 is 5.97 Å². The van der Waals surface area contributed by atoms with E-state index < -0.39 is 12.0 Å². The van der Waals surface area contributed by atoms with Crippen molar-refractivity contribution in [3.63, 3.8) is 0 Å². The molecule has 1 aromatic rings. The molecule has 2 unspecified atom stereocenters. The Morgan fingerprint density at radius 1 is 1.11 bits per heavy atom. The zero-order chi connectivity index (χ0) is 19.0. The summed E-state index contributed by atoms with van der Waals surface area (Å²) in [5.74, 6) is -1.10. The number of benzene rings is 1. The molecule has 1 heterocycles. The quantitative estimate of drug-likeness (QED) is 0.851. The summed E-state index contributed by atoms with van der Waals surface area (Å²) in [7, 11) is 0. The van der Waals surface area contributed by atoms with Gasteiger partial charge in [-0.3, -0.25) is 9.59 Å². The summed E-state index contributed by atoms with van der Waals surface area (Å²) in [4.78, 5) is 38.3. The number of carbonyl (C=O) groups is 3. The molecule has 1 aliphatic heterocycles. The molecule has 2 amide bonds. The van der Waals surface area contributed by atoms with Crippen LogP contribution in [0.2, 0.25) is 0 Å². The molecule has 6 nitrogen and oxygen atoms in total. The van der Waals surface area contributed by atoms with Crippen LogP contribution in [-0.4, -0.2) is 40.4 Å². The number of carbonyl (C=O) groups excluding carboxylic acids is 2. The number of rotatable bonds is 4. The fraction of sp³-hybridized carbons (Fsp3) is 0.571. The van der Waals surface area contributed by atoms with E-state index in [0.717, 1.165) is 32.1 Å². The van der Waals surface area contributed by atoms with Crippen LogP contribution in [0.3, 0.4) is 0 Å². The zero-order valence-corrected chi connectivity index (χ0v) is 15.4. The van der Waals surface area contributed by atoms with Gasteiger partial charge in [-0.1, -0.05) is 18.9 Å². The Balaban J connectivity index is 1.45. The summed E-state index contributed by atoms with van der Waals surface area (Å²) in [6, 6.07) is 6.10. The second-order valence-electron chi connectivity index (χ2n) is 8.24. The minimum atomic E-state index is -0.955. The number of anilines is 1. The predicted molar refractivity (Wildman–Crippen MR) is 100 cm³/mol. The topological polar surface area (TPSA) is 86.7 Å². The maximum Gasteiger partial charge on any atom is 0.326 e. The number of carboxylic acid groups (broad SMARTS) is 1. The highest BCUT2D eigenvalue weighted by Gasteiger charge is 2.58. The van der Waals surface area contributed by atoms with Gasteiger partial charge in [-0.2, -0.15) is 0 Å². The Morgan fingerprint density at radius 2 is 1.89 bits per heavy atom. The molecule has 2 N–H and O–H groups in total. The highest BCUT2D eigenvalue weighted by molar-refractivity contribution is 6.00. The number of carboxylic acids is 1. The third kappa shape index (κ3) is 3.45. The number of aliphatic carboxylic acids is 1. The van der Waals surface area contributed by atoms with Crippen LogP contribution < -0.4 is 5.32 Å².